The van der Waals surface area contributed by atoms with Crippen LogP contribution in [0.5, 0.6) is 0 Å². The van der Waals surface area contributed by atoms with E-state index >= 15 is 0 Å². The van der Waals surface area contributed by atoms with Crippen LogP contribution in [0.1, 0.15) is 29.7 Å². The monoisotopic (exact) mass is 276 g/mol. The Balaban J connectivity index is 1.79. The van der Waals surface area contributed by atoms with E-state index in [0.29, 0.717) is 24.6 Å². The molecule has 0 aromatic carbocycles. The second-order valence-electron chi connectivity index (χ2n) is 4.08. The van der Waals surface area contributed by atoms with Crippen molar-refractivity contribution in [2.24, 2.45) is 0 Å². The highest BCUT2D eigenvalue weighted by Crippen LogP contribution is 2.02. The van der Waals surface area contributed by atoms with E-state index in [-0.39, 0.29) is 11.6 Å². The quantitative estimate of drug-likeness (QED) is 0.764. The molecule has 0 aliphatic heterocycles. The van der Waals surface area contributed by atoms with Crippen molar-refractivity contribution in [2.75, 3.05) is 18.4 Å². The van der Waals surface area contributed by atoms with Crippen LogP contribution in [-0.4, -0.2) is 39.3 Å². The summed E-state index contributed by atoms with van der Waals surface area (Å²) in [7, 11) is 0. The predicted molar refractivity (Wildman–Crippen MR) is 71.1 cm³/mol. The minimum atomic E-state index is -0.275. The molecule has 0 unspecified atom stereocenters. The second kappa shape index (κ2) is 7.17. The molecule has 2 heterocycles. The van der Waals surface area contributed by atoms with Crippen molar-refractivity contribution in [2.45, 2.75) is 19.8 Å². The summed E-state index contributed by atoms with van der Waals surface area (Å²) < 4.78 is 4.60. The van der Waals surface area contributed by atoms with Gasteiger partial charge in [0.25, 0.3) is 5.91 Å². The van der Waals surface area contributed by atoms with Crippen LogP contribution < -0.4 is 10.6 Å². The molecular weight excluding hydrogens is 260 g/mol. The molecule has 0 atom stereocenters. The maximum atomic E-state index is 11.8. The minimum absolute atomic E-state index is 0.275. The van der Waals surface area contributed by atoms with Crippen LogP contribution in [0.2, 0.25) is 0 Å². The fourth-order valence-electron chi connectivity index (χ4n) is 1.48. The lowest BCUT2D eigenvalue weighted by molar-refractivity contribution is 0.0948. The standard InChI is InChI=1S/C12H16N6O2/c1-2-6-13-10-4-3-9(16-17-10)12(19)14-7-5-11-15-8-20-18-11/h3-4,8H,2,5-7H2,1H3,(H,13,17)(H,14,19). The Labute approximate surface area is 116 Å². The third-order valence-electron chi connectivity index (χ3n) is 2.49. The van der Waals surface area contributed by atoms with Crippen molar-refractivity contribution in [3.8, 4) is 0 Å². The first-order chi connectivity index (χ1) is 9.79. The average molecular weight is 276 g/mol. The van der Waals surface area contributed by atoms with Crippen molar-refractivity contribution in [3.05, 3.63) is 30.0 Å². The van der Waals surface area contributed by atoms with Crippen LogP contribution in [0.4, 0.5) is 5.82 Å². The van der Waals surface area contributed by atoms with E-state index < -0.39 is 0 Å². The van der Waals surface area contributed by atoms with Crippen molar-refractivity contribution in [3.63, 3.8) is 0 Å². The lowest BCUT2D eigenvalue weighted by Gasteiger charge is -2.04. The summed E-state index contributed by atoms with van der Waals surface area (Å²) in [6.45, 7) is 3.30. The smallest absolute Gasteiger partial charge is 0.271 e. The maximum absolute atomic E-state index is 11.8. The fraction of sp³-hybridized carbons (Fsp3) is 0.417. The molecule has 0 spiro atoms. The molecule has 0 bridgehead atoms. The number of hydrogen-bond donors (Lipinski definition) is 2. The molecule has 8 nitrogen and oxygen atoms in total. The molecule has 8 heteroatoms. The zero-order valence-corrected chi connectivity index (χ0v) is 11.2. The topological polar surface area (TPSA) is 106 Å². The Morgan fingerprint density at radius 3 is 2.85 bits per heavy atom. The first-order valence-electron chi connectivity index (χ1n) is 6.40. The van der Waals surface area contributed by atoms with Crippen LogP contribution in [0, 0.1) is 0 Å². The number of aromatic nitrogens is 4. The molecule has 0 aliphatic carbocycles. The number of amides is 1. The molecule has 1 amide bonds. The largest absolute Gasteiger partial charge is 0.369 e. The summed E-state index contributed by atoms with van der Waals surface area (Å²) in [6, 6.07) is 3.37. The van der Waals surface area contributed by atoms with Crippen LogP contribution in [0.15, 0.2) is 23.0 Å². The van der Waals surface area contributed by atoms with Crippen molar-refractivity contribution in [1.82, 2.24) is 25.7 Å². The number of nitrogens with zero attached hydrogens (tertiary/aromatic N) is 4. The molecule has 0 aliphatic rings. The van der Waals surface area contributed by atoms with Gasteiger partial charge in [0, 0.05) is 19.5 Å². The van der Waals surface area contributed by atoms with Gasteiger partial charge in [0.2, 0.25) is 6.39 Å². The normalized spacial score (nSPS) is 10.2. The van der Waals surface area contributed by atoms with Crippen molar-refractivity contribution < 1.29 is 9.32 Å². The molecule has 0 saturated heterocycles. The van der Waals surface area contributed by atoms with Gasteiger partial charge in [0.05, 0.1) is 0 Å². The van der Waals surface area contributed by atoms with E-state index in [1.807, 2.05) is 0 Å². The van der Waals surface area contributed by atoms with Crippen LogP contribution in [-0.2, 0) is 6.42 Å². The van der Waals surface area contributed by atoms with Gasteiger partial charge >= 0.3 is 0 Å². The predicted octanol–water partition coefficient (Wildman–Crippen LogP) is 0.654. The van der Waals surface area contributed by atoms with Crippen LogP contribution >= 0.6 is 0 Å². The highest BCUT2D eigenvalue weighted by atomic mass is 16.5. The second-order valence-corrected chi connectivity index (χ2v) is 4.08. The van der Waals surface area contributed by atoms with Gasteiger partial charge in [-0.1, -0.05) is 12.1 Å². The number of carbonyl (C=O) groups excluding carboxylic acids is 1. The summed E-state index contributed by atoms with van der Waals surface area (Å²) in [4.78, 5) is 15.7. The van der Waals surface area contributed by atoms with Crippen molar-refractivity contribution in [1.29, 1.82) is 0 Å². The number of rotatable bonds is 7. The third kappa shape index (κ3) is 4.01. The highest BCUT2D eigenvalue weighted by Gasteiger charge is 2.08. The zero-order chi connectivity index (χ0) is 14.2. The average Bonchev–Trinajstić information content (AvgIpc) is 2.99. The van der Waals surface area contributed by atoms with Gasteiger partial charge in [-0.05, 0) is 18.6 Å². The molecule has 2 N–H and O–H groups in total. The van der Waals surface area contributed by atoms with E-state index in [9.17, 15) is 4.79 Å². The lowest BCUT2D eigenvalue weighted by Crippen LogP contribution is -2.27. The molecule has 2 rings (SSSR count). The number of anilines is 1. The SMILES string of the molecule is CCCNc1ccc(C(=O)NCCc2ncon2)nn1. The molecule has 2 aromatic rings. The molecular formula is C12H16N6O2. The van der Waals surface area contributed by atoms with Crippen molar-refractivity contribution >= 4 is 11.7 Å². The summed E-state index contributed by atoms with van der Waals surface area (Å²) in [5, 5.41) is 17.3. The summed E-state index contributed by atoms with van der Waals surface area (Å²) in [5.41, 5.74) is 0.278. The number of nitrogens with one attached hydrogen (secondary N) is 2. The lowest BCUT2D eigenvalue weighted by atomic mass is 10.3. The molecule has 2 aromatic heterocycles. The van der Waals surface area contributed by atoms with Gasteiger partial charge in [-0.15, -0.1) is 10.2 Å². The van der Waals surface area contributed by atoms with Gasteiger partial charge < -0.3 is 15.2 Å². The van der Waals surface area contributed by atoms with E-state index in [1.54, 1.807) is 12.1 Å². The fourth-order valence-corrected chi connectivity index (χ4v) is 1.48. The molecule has 0 fully saturated rings. The Morgan fingerprint density at radius 2 is 2.20 bits per heavy atom. The minimum Gasteiger partial charge on any atom is -0.369 e. The highest BCUT2D eigenvalue weighted by molar-refractivity contribution is 5.92. The molecule has 20 heavy (non-hydrogen) atoms. The van der Waals surface area contributed by atoms with E-state index in [0.717, 1.165) is 13.0 Å². The maximum Gasteiger partial charge on any atom is 0.271 e. The Bertz CT molecular complexity index is 525. The molecule has 0 saturated carbocycles. The van der Waals surface area contributed by atoms with Crippen LogP contribution in [0.25, 0.3) is 0 Å². The van der Waals surface area contributed by atoms with E-state index in [4.69, 9.17) is 0 Å². The zero-order valence-electron chi connectivity index (χ0n) is 11.2. The number of carbonyl (C=O) groups is 1. The molecule has 0 radical (unpaired) electrons. The van der Waals surface area contributed by atoms with Gasteiger partial charge in [-0.2, -0.15) is 4.98 Å². The third-order valence-corrected chi connectivity index (χ3v) is 2.49. The number of hydrogen-bond acceptors (Lipinski definition) is 7. The summed E-state index contributed by atoms with van der Waals surface area (Å²) in [6.07, 6.45) is 2.76. The Morgan fingerprint density at radius 1 is 1.30 bits per heavy atom. The first-order valence-corrected chi connectivity index (χ1v) is 6.40. The molecule has 106 valence electrons. The summed E-state index contributed by atoms with van der Waals surface area (Å²) >= 11 is 0. The van der Waals surface area contributed by atoms with Gasteiger partial charge in [-0.25, -0.2) is 0 Å². The van der Waals surface area contributed by atoms with Gasteiger partial charge in [0.15, 0.2) is 11.5 Å². The van der Waals surface area contributed by atoms with E-state index in [1.165, 1.54) is 6.39 Å². The van der Waals surface area contributed by atoms with Crippen LogP contribution in [0.3, 0.4) is 0 Å². The first kappa shape index (κ1) is 13.9. The van der Waals surface area contributed by atoms with Gasteiger partial charge in [-0.3, -0.25) is 4.79 Å². The van der Waals surface area contributed by atoms with E-state index in [2.05, 4.69) is 42.4 Å². The summed E-state index contributed by atoms with van der Waals surface area (Å²) in [5.74, 6) is 0.939. The van der Waals surface area contributed by atoms with Gasteiger partial charge in [0.1, 0.15) is 5.82 Å². The Kier molecular flexibility index (Phi) is 4.99. The Hall–Kier alpha value is -2.51.